The molecule has 1 heterocycles. The highest BCUT2D eigenvalue weighted by Crippen LogP contribution is 2.24. The number of nitrogens with one attached hydrogen (secondary N) is 1. The van der Waals surface area contributed by atoms with Crippen LogP contribution in [0.2, 0.25) is 5.02 Å². The van der Waals surface area contributed by atoms with Crippen molar-refractivity contribution in [1.29, 1.82) is 0 Å². The number of rotatable bonds is 8. The SMILES string of the molecule is COCCNCC(Cc1cncs1)c1cccc(Cl)c1. The summed E-state index contributed by atoms with van der Waals surface area (Å²) in [6.07, 6.45) is 2.92. The molecule has 0 bridgehead atoms. The van der Waals surface area contributed by atoms with Gasteiger partial charge in [0.1, 0.15) is 0 Å². The molecule has 1 N–H and O–H groups in total. The third-order valence-electron chi connectivity index (χ3n) is 3.12. The fraction of sp³-hybridized carbons (Fsp3) is 0.400. The zero-order chi connectivity index (χ0) is 14.2. The molecular formula is C15H19ClN2OS. The fourth-order valence-corrected chi connectivity index (χ4v) is 2.98. The average molecular weight is 311 g/mol. The average Bonchev–Trinajstić information content (AvgIpc) is 2.95. The molecule has 108 valence electrons. The van der Waals surface area contributed by atoms with E-state index in [0.29, 0.717) is 5.92 Å². The Morgan fingerprint density at radius 2 is 2.35 bits per heavy atom. The van der Waals surface area contributed by atoms with E-state index >= 15 is 0 Å². The second-order valence-electron chi connectivity index (χ2n) is 4.62. The van der Waals surface area contributed by atoms with Crippen LogP contribution < -0.4 is 5.32 Å². The number of hydrogen-bond donors (Lipinski definition) is 1. The van der Waals surface area contributed by atoms with Crippen LogP contribution in [0.25, 0.3) is 0 Å². The van der Waals surface area contributed by atoms with Crippen molar-refractivity contribution >= 4 is 22.9 Å². The van der Waals surface area contributed by atoms with Gasteiger partial charge in [-0.3, -0.25) is 4.98 Å². The van der Waals surface area contributed by atoms with Crippen LogP contribution in [0.4, 0.5) is 0 Å². The number of methoxy groups -OCH3 is 1. The summed E-state index contributed by atoms with van der Waals surface area (Å²) in [5.41, 5.74) is 3.14. The molecule has 0 aliphatic rings. The van der Waals surface area contributed by atoms with Crippen molar-refractivity contribution in [1.82, 2.24) is 10.3 Å². The zero-order valence-electron chi connectivity index (χ0n) is 11.5. The maximum absolute atomic E-state index is 6.10. The van der Waals surface area contributed by atoms with Crippen molar-refractivity contribution in [2.75, 3.05) is 26.8 Å². The fourth-order valence-electron chi connectivity index (χ4n) is 2.10. The number of halogens is 1. The van der Waals surface area contributed by atoms with E-state index in [1.807, 2.05) is 29.9 Å². The van der Waals surface area contributed by atoms with Crippen molar-refractivity contribution in [2.24, 2.45) is 0 Å². The Balaban J connectivity index is 2.03. The molecule has 0 saturated heterocycles. The number of hydrogen-bond acceptors (Lipinski definition) is 4. The van der Waals surface area contributed by atoms with E-state index in [1.54, 1.807) is 18.4 Å². The maximum Gasteiger partial charge on any atom is 0.0794 e. The largest absolute Gasteiger partial charge is 0.383 e. The van der Waals surface area contributed by atoms with E-state index in [0.717, 1.165) is 31.1 Å². The Kier molecular flexibility index (Phi) is 6.47. The lowest BCUT2D eigenvalue weighted by molar-refractivity contribution is 0.199. The first-order valence-corrected chi connectivity index (χ1v) is 7.88. The molecule has 1 unspecified atom stereocenters. The smallest absolute Gasteiger partial charge is 0.0794 e. The van der Waals surface area contributed by atoms with Gasteiger partial charge in [0.15, 0.2) is 0 Å². The van der Waals surface area contributed by atoms with Gasteiger partial charge >= 0.3 is 0 Å². The summed E-state index contributed by atoms with van der Waals surface area (Å²) in [6, 6.07) is 8.10. The Bertz CT molecular complexity index is 504. The predicted molar refractivity (Wildman–Crippen MR) is 84.8 cm³/mol. The molecule has 0 radical (unpaired) electrons. The van der Waals surface area contributed by atoms with Crippen molar-refractivity contribution in [3.63, 3.8) is 0 Å². The van der Waals surface area contributed by atoms with Crippen LogP contribution in [0.5, 0.6) is 0 Å². The molecule has 0 amide bonds. The quantitative estimate of drug-likeness (QED) is 0.759. The first-order valence-electron chi connectivity index (χ1n) is 6.62. The monoisotopic (exact) mass is 310 g/mol. The Hall–Kier alpha value is -0.940. The molecule has 0 fully saturated rings. The van der Waals surface area contributed by atoms with E-state index < -0.39 is 0 Å². The highest BCUT2D eigenvalue weighted by atomic mass is 35.5. The molecule has 5 heteroatoms. The molecule has 1 aromatic carbocycles. The van der Waals surface area contributed by atoms with Crippen molar-refractivity contribution < 1.29 is 4.74 Å². The molecule has 0 aliphatic carbocycles. The second-order valence-corrected chi connectivity index (χ2v) is 6.03. The first kappa shape index (κ1) is 15.4. The Labute approximate surface area is 129 Å². The molecule has 1 atom stereocenters. The minimum atomic E-state index is 0.394. The molecule has 20 heavy (non-hydrogen) atoms. The predicted octanol–water partition coefficient (Wildman–Crippen LogP) is 3.36. The Morgan fingerprint density at radius 1 is 1.45 bits per heavy atom. The van der Waals surface area contributed by atoms with Crippen LogP contribution in [0.15, 0.2) is 36.0 Å². The summed E-state index contributed by atoms with van der Waals surface area (Å²) >= 11 is 7.80. The van der Waals surface area contributed by atoms with E-state index in [2.05, 4.69) is 16.4 Å². The highest BCUT2D eigenvalue weighted by Gasteiger charge is 2.13. The van der Waals surface area contributed by atoms with Gasteiger partial charge in [0, 0.05) is 42.2 Å². The summed E-state index contributed by atoms with van der Waals surface area (Å²) < 4.78 is 5.06. The van der Waals surface area contributed by atoms with Crippen molar-refractivity contribution in [2.45, 2.75) is 12.3 Å². The molecule has 0 spiro atoms. The van der Waals surface area contributed by atoms with Crippen LogP contribution in [-0.2, 0) is 11.2 Å². The van der Waals surface area contributed by atoms with E-state index in [4.69, 9.17) is 16.3 Å². The number of nitrogens with zero attached hydrogens (tertiary/aromatic N) is 1. The zero-order valence-corrected chi connectivity index (χ0v) is 13.1. The minimum Gasteiger partial charge on any atom is -0.383 e. The van der Waals surface area contributed by atoms with Crippen LogP contribution in [0, 0.1) is 0 Å². The lowest BCUT2D eigenvalue weighted by Crippen LogP contribution is -2.26. The normalized spacial score (nSPS) is 12.5. The molecule has 0 aliphatic heterocycles. The van der Waals surface area contributed by atoms with Gasteiger partial charge in [0.25, 0.3) is 0 Å². The Morgan fingerprint density at radius 3 is 3.05 bits per heavy atom. The van der Waals surface area contributed by atoms with Crippen LogP contribution in [-0.4, -0.2) is 31.8 Å². The van der Waals surface area contributed by atoms with Gasteiger partial charge in [-0.1, -0.05) is 23.7 Å². The number of aromatic nitrogens is 1. The lowest BCUT2D eigenvalue weighted by Gasteiger charge is -2.17. The number of ether oxygens (including phenoxy) is 1. The standard InChI is InChI=1S/C15H19ClN2OS/c1-19-6-5-17-9-13(8-15-10-18-11-20-15)12-3-2-4-14(16)7-12/h2-4,7,10-11,13,17H,5-6,8-9H2,1H3. The number of thiazole rings is 1. The van der Waals surface area contributed by atoms with Crippen molar-refractivity contribution in [3.05, 3.63) is 51.4 Å². The second kappa shape index (κ2) is 8.37. The van der Waals surface area contributed by atoms with Crippen LogP contribution >= 0.6 is 22.9 Å². The van der Waals surface area contributed by atoms with E-state index in [-0.39, 0.29) is 0 Å². The summed E-state index contributed by atoms with van der Waals surface area (Å²) in [6.45, 7) is 2.49. The minimum absolute atomic E-state index is 0.394. The van der Waals surface area contributed by atoms with Gasteiger partial charge in [0.05, 0.1) is 12.1 Å². The molecule has 3 nitrogen and oxygen atoms in total. The molecule has 2 rings (SSSR count). The molecule has 2 aromatic rings. The molecule has 1 aromatic heterocycles. The van der Waals surface area contributed by atoms with Gasteiger partial charge in [-0.15, -0.1) is 11.3 Å². The van der Waals surface area contributed by atoms with Gasteiger partial charge in [-0.05, 0) is 24.1 Å². The van der Waals surface area contributed by atoms with Gasteiger partial charge in [0.2, 0.25) is 0 Å². The summed E-state index contributed by atoms with van der Waals surface area (Å²) in [4.78, 5) is 5.44. The van der Waals surface area contributed by atoms with Crippen molar-refractivity contribution in [3.8, 4) is 0 Å². The third kappa shape index (κ3) is 4.87. The maximum atomic E-state index is 6.10. The van der Waals surface area contributed by atoms with Gasteiger partial charge in [-0.25, -0.2) is 0 Å². The highest BCUT2D eigenvalue weighted by molar-refractivity contribution is 7.09. The topological polar surface area (TPSA) is 34.1 Å². The van der Waals surface area contributed by atoms with E-state index in [1.165, 1.54) is 10.4 Å². The molecule has 0 saturated carbocycles. The van der Waals surface area contributed by atoms with Crippen LogP contribution in [0.3, 0.4) is 0 Å². The van der Waals surface area contributed by atoms with Crippen LogP contribution in [0.1, 0.15) is 16.4 Å². The summed E-state index contributed by atoms with van der Waals surface area (Å²) in [5, 5.41) is 4.22. The number of benzene rings is 1. The van der Waals surface area contributed by atoms with Gasteiger partial charge < -0.3 is 10.1 Å². The third-order valence-corrected chi connectivity index (χ3v) is 4.16. The first-order chi connectivity index (χ1) is 9.79. The summed E-state index contributed by atoms with van der Waals surface area (Å²) in [7, 11) is 1.72. The lowest BCUT2D eigenvalue weighted by atomic mass is 9.95. The summed E-state index contributed by atoms with van der Waals surface area (Å²) in [5.74, 6) is 0.394. The van der Waals surface area contributed by atoms with Gasteiger partial charge in [-0.2, -0.15) is 0 Å². The van der Waals surface area contributed by atoms with E-state index in [9.17, 15) is 0 Å². The molecular weight excluding hydrogens is 292 g/mol.